The Hall–Kier alpha value is -8.25. The number of nitriles is 2. The summed E-state index contributed by atoms with van der Waals surface area (Å²) < 4.78 is 32.8. The van der Waals surface area contributed by atoms with Crippen LogP contribution in [0.15, 0.2) is 115 Å². The molecule has 0 spiro atoms. The number of carboxylic acid groups (broad SMARTS) is 1. The largest absolute Gasteiger partial charge is 0.478 e. The van der Waals surface area contributed by atoms with Gasteiger partial charge in [0, 0.05) is 47.9 Å². The Balaban J connectivity index is 0.000000244. The number of aliphatic hydroxyl groups is 2. The molecule has 0 aliphatic carbocycles. The van der Waals surface area contributed by atoms with Crippen LogP contribution in [-0.2, 0) is 23.2 Å². The molecule has 7 rings (SSSR count). The number of nitrogens with one attached hydrogen (secondary N) is 2. The predicted octanol–water partition coefficient (Wildman–Crippen LogP) is 7.86. The molecule has 8 N–H and O–H groups in total. The van der Waals surface area contributed by atoms with Gasteiger partial charge >= 0.3 is 5.97 Å². The molecule has 22 heteroatoms. The number of anilines is 4. The predicted molar refractivity (Wildman–Crippen MR) is 279 cm³/mol. The van der Waals surface area contributed by atoms with Crippen molar-refractivity contribution < 1.29 is 37.9 Å². The van der Waals surface area contributed by atoms with Gasteiger partial charge in [-0.25, -0.2) is 24.7 Å². The lowest BCUT2D eigenvalue weighted by Crippen LogP contribution is -2.15. The van der Waals surface area contributed by atoms with Gasteiger partial charge < -0.3 is 31.7 Å². The number of aliphatic hydroxyl groups excluding tert-OH is 2. The van der Waals surface area contributed by atoms with Gasteiger partial charge in [0.25, 0.3) is 10.1 Å². The van der Waals surface area contributed by atoms with E-state index in [1.54, 1.807) is 95.1 Å². The Morgan fingerprint density at radius 3 is 1.53 bits per heavy atom. The number of benzene rings is 3. The van der Waals surface area contributed by atoms with Crippen LogP contribution in [0, 0.1) is 49.4 Å². The molecule has 0 aliphatic rings. The monoisotopic (exact) mass is 1030 g/mol. The van der Waals surface area contributed by atoms with E-state index in [2.05, 4.69) is 46.8 Å². The maximum Gasteiger partial charge on any atom is 0.335 e. The van der Waals surface area contributed by atoms with Crippen molar-refractivity contribution in [2.75, 3.05) is 23.8 Å². The molecule has 388 valence electrons. The number of aromatic carboxylic acids is 1. The summed E-state index contributed by atoms with van der Waals surface area (Å²) in [5, 5.41) is 58.7. The van der Waals surface area contributed by atoms with Gasteiger partial charge in [-0.15, -0.1) is 0 Å². The number of Topliss-reactive ketones (excluding diaryl/α,β-unsaturated/α-hetero) is 1. The molecule has 7 aromatic rings. The van der Waals surface area contributed by atoms with E-state index < -0.39 is 16.1 Å². The summed E-state index contributed by atoms with van der Waals surface area (Å²) in [5.41, 5.74) is 13.4. The van der Waals surface area contributed by atoms with Crippen LogP contribution in [0.1, 0.15) is 83.4 Å². The van der Waals surface area contributed by atoms with Crippen LogP contribution in [0.25, 0.3) is 22.5 Å². The fourth-order valence-corrected chi connectivity index (χ4v) is 7.21. The minimum absolute atomic E-state index is 0.0125. The zero-order valence-electron chi connectivity index (χ0n) is 41.8. The van der Waals surface area contributed by atoms with Gasteiger partial charge in [0.2, 0.25) is 11.9 Å². The number of nitrogens with two attached hydrogens (primary N) is 1. The molecule has 0 radical (unpaired) electrons. The molecule has 0 aliphatic heterocycles. The number of rotatable bonds is 19. The summed E-state index contributed by atoms with van der Waals surface area (Å²) >= 11 is 0. The number of aryl methyl sites for hydroxylation is 3. The minimum atomic E-state index is -4.02. The van der Waals surface area contributed by atoms with Gasteiger partial charge in [0.1, 0.15) is 0 Å². The van der Waals surface area contributed by atoms with Crippen molar-refractivity contribution in [3.05, 3.63) is 138 Å². The summed E-state index contributed by atoms with van der Waals surface area (Å²) in [6.45, 7) is 10.5. The Kier molecular flexibility index (Phi) is 23.1. The molecule has 4 heterocycles. The number of hydrogen-bond donors (Lipinski definition) is 7. The molecule has 74 heavy (non-hydrogen) atoms. The second-order valence-corrected chi connectivity index (χ2v) is 18.1. The van der Waals surface area contributed by atoms with Crippen LogP contribution < -0.4 is 16.4 Å². The highest BCUT2D eigenvalue weighted by molar-refractivity contribution is 7.85. The van der Waals surface area contributed by atoms with E-state index in [1.807, 2.05) is 52.8 Å². The van der Waals surface area contributed by atoms with Crippen LogP contribution in [-0.4, -0.2) is 98.8 Å². The third-order valence-electron chi connectivity index (χ3n) is 10.6. The van der Waals surface area contributed by atoms with Crippen LogP contribution >= 0.6 is 0 Å². The molecule has 0 unspecified atom stereocenters. The summed E-state index contributed by atoms with van der Waals surface area (Å²) in [5.74, 6) is -0.384. The van der Waals surface area contributed by atoms with E-state index in [-0.39, 0.29) is 47.8 Å². The fourth-order valence-electron chi connectivity index (χ4n) is 6.73. The van der Waals surface area contributed by atoms with E-state index in [0.29, 0.717) is 36.2 Å². The van der Waals surface area contributed by atoms with Crippen LogP contribution in [0.2, 0.25) is 0 Å². The number of carboxylic acids is 1. The first-order valence-electron chi connectivity index (χ1n) is 23.5. The highest BCUT2D eigenvalue weighted by atomic mass is 32.2. The van der Waals surface area contributed by atoms with E-state index in [9.17, 15) is 23.3 Å². The summed E-state index contributed by atoms with van der Waals surface area (Å²) in [7, 11) is -4.02. The Morgan fingerprint density at radius 2 is 1.15 bits per heavy atom. The number of carbonyl (C=O) groups excluding carboxylic acids is 1. The van der Waals surface area contributed by atoms with E-state index in [0.717, 1.165) is 70.6 Å². The van der Waals surface area contributed by atoms with Crippen LogP contribution in [0.3, 0.4) is 0 Å². The van der Waals surface area contributed by atoms with Crippen molar-refractivity contribution >= 4 is 45.1 Å². The third kappa shape index (κ3) is 18.7. The zero-order valence-corrected chi connectivity index (χ0v) is 42.6. The molecule has 3 aromatic carbocycles. The molecule has 21 nitrogen and oxygen atoms in total. The van der Waals surface area contributed by atoms with Gasteiger partial charge in [0.05, 0.1) is 96.0 Å². The SMILES string of the molecule is CCC[C@@H](C#N)CC(=O)c1ccc(-c2nc(Nc3cnn(CCO)c3)ncc2C)cc1.CCC[C@H](N)C#N.Cc1ccc(S(=O)(=O)O)cc1.Cc1cnc(Nc2cnn(CCO)c2)nc1-c1ccc(C(=O)O)cc1. The molecular weight excluding hydrogens is 967 g/mol. The van der Waals surface area contributed by atoms with E-state index in [1.165, 1.54) is 12.1 Å². The van der Waals surface area contributed by atoms with Crippen LogP contribution in [0.4, 0.5) is 23.3 Å². The van der Waals surface area contributed by atoms with Crippen molar-refractivity contribution in [2.45, 2.75) is 90.7 Å². The lowest BCUT2D eigenvalue weighted by atomic mass is 9.95. The molecule has 0 saturated carbocycles. The first kappa shape index (κ1) is 58.3. The summed E-state index contributed by atoms with van der Waals surface area (Å²) in [6, 6.07) is 23.8. The third-order valence-corrected chi connectivity index (χ3v) is 11.5. The average molecular weight is 1030 g/mol. The highest BCUT2D eigenvalue weighted by Crippen LogP contribution is 2.26. The van der Waals surface area contributed by atoms with Crippen molar-refractivity contribution in [1.82, 2.24) is 39.5 Å². The van der Waals surface area contributed by atoms with E-state index in [4.69, 9.17) is 30.9 Å². The normalized spacial score (nSPS) is 11.4. The fraction of sp³-hybridized carbons (Fsp3) is 0.308. The van der Waals surface area contributed by atoms with Crippen molar-refractivity contribution in [1.29, 1.82) is 10.5 Å². The van der Waals surface area contributed by atoms with Crippen molar-refractivity contribution in [3.8, 4) is 34.7 Å². The van der Waals surface area contributed by atoms with Crippen molar-refractivity contribution in [3.63, 3.8) is 0 Å². The van der Waals surface area contributed by atoms with Gasteiger partial charge in [0.15, 0.2) is 5.78 Å². The molecule has 0 saturated heterocycles. The minimum Gasteiger partial charge on any atom is -0.478 e. The maximum atomic E-state index is 12.5. The number of nitrogens with zero attached hydrogens (tertiary/aromatic N) is 10. The number of carbonyl (C=O) groups is 2. The highest BCUT2D eigenvalue weighted by Gasteiger charge is 2.16. The molecule has 0 amide bonds. The Labute approximate surface area is 430 Å². The quantitative estimate of drug-likeness (QED) is 0.0299. The molecule has 0 bridgehead atoms. The topological polar surface area (TPSA) is 334 Å². The lowest BCUT2D eigenvalue weighted by molar-refractivity contribution is 0.0696. The molecule has 0 fully saturated rings. The number of ketones is 1. The molecule has 4 aromatic heterocycles. The lowest BCUT2D eigenvalue weighted by Gasteiger charge is -2.10. The first-order valence-corrected chi connectivity index (χ1v) is 24.9. The van der Waals surface area contributed by atoms with Crippen LogP contribution in [0.5, 0.6) is 0 Å². The Bertz CT molecular complexity index is 3100. The first-order chi connectivity index (χ1) is 35.4. The zero-order chi connectivity index (χ0) is 54.2. The summed E-state index contributed by atoms with van der Waals surface area (Å²) in [6.07, 6.45) is 13.9. The molecular formula is C52H61N13O8S. The van der Waals surface area contributed by atoms with E-state index >= 15 is 0 Å². The van der Waals surface area contributed by atoms with Gasteiger partial charge in [-0.3, -0.25) is 18.7 Å². The summed E-state index contributed by atoms with van der Waals surface area (Å²) in [4.78, 5) is 41.1. The number of aromatic nitrogens is 8. The Morgan fingerprint density at radius 1 is 0.689 bits per heavy atom. The van der Waals surface area contributed by atoms with Gasteiger partial charge in [-0.2, -0.15) is 29.1 Å². The van der Waals surface area contributed by atoms with Gasteiger partial charge in [-0.1, -0.05) is 80.8 Å². The second kappa shape index (κ2) is 29.3. The molecule has 2 atom stereocenters. The average Bonchev–Trinajstić information content (AvgIpc) is 4.04. The maximum absolute atomic E-state index is 12.5. The smallest absolute Gasteiger partial charge is 0.335 e. The number of hydrogen-bond acceptors (Lipinski definition) is 17. The standard InChI is InChI=1S/C23H26N6O2.C17H17N5O3.C7H8O3S.C5H10N2/c1-3-4-17(12-24)11-21(31)18-5-7-19(8-6-18)22-16(2)13-25-23(28-22)27-20-14-26-29(15-20)9-10-30;1-11-8-18-17(20-14-9-19-22(10-14)6-7-23)21-15(11)12-2-4-13(5-3-12)16(24)25;1-6-2-4-7(5-3-6)11(8,9)10;1-2-3-5(7)4-6/h5-8,13-15,17,30H,3-4,9-11H2,1-2H3,(H,25,27,28);2-5,8-10,23H,6-7H2,1H3,(H,24,25)(H,18,20,21);2-5H,1H3,(H,8,9,10);5H,2-3,7H2,1H3/t17-;;;5-/m1..0/s1. The van der Waals surface area contributed by atoms with Gasteiger partial charge in [-0.05, 0) is 69.0 Å². The van der Waals surface area contributed by atoms with Crippen molar-refractivity contribution in [2.24, 2.45) is 11.7 Å². The second-order valence-electron chi connectivity index (χ2n) is 16.6.